The summed E-state index contributed by atoms with van der Waals surface area (Å²) in [6.07, 6.45) is 1.32. The predicted octanol–water partition coefficient (Wildman–Crippen LogP) is 2.77. The number of anilines is 1. The number of hydrogen-bond donors (Lipinski definition) is 1. The molecule has 7 nitrogen and oxygen atoms in total. The van der Waals surface area contributed by atoms with Crippen LogP contribution in [0, 0.1) is 21.4 Å². The zero-order valence-electron chi connectivity index (χ0n) is 10.4. The molecule has 0 bridgehead atoms. The molecule has 104 valence electrons. The van der Waals surface area contributed by atoms with E-state index in [1.807, 2.05) is 6.07 Å². The highest BCUT2D eigenvalue weighted by atomic mass is 35.5. The number of aromatic nitrogens is 1. The lowest BCUT2D eigenvalue weighted by molar-refractivity contribution is -0.384. The fourth-order valence-corrected chi connectivity index (χ4v) is 1.77. The van der Waals surface area contributed by atoms with E-state index in [1.165, 1.54) is 30.5 Å². The quantitative estimate of drug-likeness (QED) is 0.692. The van der Waals surface area contributed by atoms with Crippen LogP contribution in [0.1, 0.15) is 15.9 Å². The van der Waals surface area contributed by atoms with E-state index in [0.29, 0.717) is 5.56 Å². The molecular formula is C13H7ClN4O3. The average molecular weight is 303 g/mol. The summed E-state index contributed by atoms with van der Waals surface area (Å²) in [6.45, 7) is 0. The fraction of sp³-hybridized carbons (Fsp3) is 0. The van der Waals surface area contributed by atoms with E-state index in [-0.39, 0.29) is 22.1 Å². The number of carbonyl (C=O) groups is 1. The minimum atomic E-state index is -0.633. The normalized spacial score (nSPS) is 9.71. The van der Waals surface area contributed by atoms with E-state index in [9.17, 15) is 14.9 Å². The molecule has 0 spiro atoms. The molecule has 0 saturated carbocycles. The van der Waals surface area contributed by atoms with Crippen molar-refractivity contribution in [3.05, 3.63) is 62.8 Å². The molecule has 1 heterocycles. The number of halogens is 1. The molecule has 0 fully saturated rings. The van der Waals surface area contributed by atoms with Gasteiger partial charge in [-0.3, -0.25) is 14.9 Å². The van der Waals surface area contributed by atoms with Gasteiger partial charge < -0.3 is 5.32 Å². The van der Waals surface area contributed by atoms with E-state index in [4.69, 9.17) is 16.9 Å². The number of carbonyl (C=O) groups excluding carboxylic acids is 1. The van der Waals surface area contributed by atoms with E-state index in [0.717, 1.165) is 6.07 Å². The van der Waals surface area contributed by atoms with Crippen molar-refractivity contribution in [2.24, 2.45) is 0 Å². The second-order valence-electron chi connectivity index (χ2n) is 3.92. The minimum absolute atomic E-state index is 0.125. The monoisotopic (exact) mass is 302 g/mol. The standard InChI is InChI=1S/C13H7ClN4O3/c14-10-5-9(2-3-11(10)18(20)21)13(19)17-12-4-1-8(6-15)7-16-12/h1-5,7H,(H,16,17,19). The lowest BCUT2D eigenvalue weighted by atomic mass is 10.2. The fourth-order valence-electron chi connectivity index (χ4n) is 1.52. The third kappa shape index (κ3) is 3.32. The summed E-state index contributed by atoms with van der Waals surface area (Å²) in [4.78, 5) is 25.9. The molecule has 0 unspecified atom stereocenters. The number of nitro benzene ring substituents is 1. The topological polar surface area (TPSA) is 109 Å². The van der Waals surface area contributed by atoms with E-state index in [2.05, 4.69) is 10.3 Å². The molecule has 0 aliphatic heterocycles. The second kappa shape index (κ2) is 5.98. The zero-order chi connectivity index (χ0) is 15.4. The Hall–Kier alpha value is -2.98. The van der Waals surface area contributed by atoms with Crippen LogP contribution < -0.4 is 5.32 Å². The molecule has 1 aromatic carbocycles. The number of nitriles is 1. The highest BCUT2D eigenvalue weighted by Gasteiger charge is 2.15. The average Bonchev–Trinajstić information content (AvgIpc) is 2.47. The van der Waals surface area contributed by atoms with Crippen LogP contribution in [0.5, 0.6) is 0 Å². The first-order valence-electron chi connectivity index (χ1n) is 5.62. The van der Waals surface area contributed by atoms with Crippen molar-refractivity contribution in [2.45, 2.75) is 0 Å². The number of rotatable bonds is 3. The van der Waals surface area contributed by atoms with Crippen LogP contribution in [0.2, 0.25) is 5.02 Å². The summed E-state index contributed by atoms with van der Waals surface area (Å²) < 4.78 is 0. The Kier molecular flexibility index (Phi) is 4.11. The van der Waals surface area contributed by atoms with Crippen molar-refractivity contribution in [3.8, 4) is 6.07 Å². The van der Waals surface area contributed by atoms with Gasteiger partial charge in [-0.1, -0.05) is 11.6 Å². The van der Waals surface area contributed by atoms with Crippen LogP contribution in [-0.2, 0) is 0 Å². The Balaban J connectivity index is 2.18. The van der Waals surface area contributed by atoms with Crippen LogP contribution in [0.3, 0.4) is 0 Å². The summed E-state index contributed by atoms with van der Waals surface area (Å²) >= 11 is 5.74. The van der Waals surface area contributed by atoms with Gasteiger partial charge in [0, 0.05) is 17.8 Å². The summed E-state index contributed by atoms with van der Waals surface area (Å²) in [5, 5.41) is 21.7. The summed E-state index contributed by atoms with van der Waals surface area (Å²) in [5.74, 6) is -0.252. The number of benzene rings is 1. The molecule has 1 amide bonds. The van der Waals surface area contributed by atoms with Gasteiger partial charge in [-0.15, -0.1) is 0 Å². The molecule has 0 radical (unpaired) electrons. The van der Waals surface area contributed by atoms with E-state index in [1.54, 1.807) is 0 Å². The number of amides is 1. The number of hydrogen-bond acceptors (Lipinski definition) is 5. The number of nitrogens with zero attached hydrogens (tertiary/aromatic N) is 3. The number of pyridine rings is 1. The molecule has 2 aromatic rings. The zero-order valence-corrected chi connectivity index (χ0v) is 11.2. The summed E-state index contributed by atoms with van der Waals surface area (Å²) in [6, 6.07) is 8.55. The van der Waals surface area contributed by atoms with Crippen molar-refractivity contribution < 1.29 is 9.72 Å². The van der Waals surface area contributed by atoms with Gasteiger partial charge in [-0.25, -0.2) is 4.98 Å². The molecule has 2 rings (SSSR count). The molecule has 0 saturated heterocycles. The Bertz CT molecular complexity index is 753. The van der Waals surface area contributed by atoms with Crippen LogP contribution >= 0.6 is 11.6 Å². The first-order valence-corrected chi connectivity index (χ1v) is 6.00. The highest BCUT2D eigenvalue weighted by molar-refractivity contribution is 6.33. The molecule has 0 aliphatic rings. The van der Waals surface area contributed by atoms with Crippen LogP contribution in [0.25, 0.3) is 0 Å². The van der Waals surface area contributed by atoms with Gasteiger partial charge in [0.2, 0.25) is 0 Å². The molecule has 1 N–H and O–H groups in total. The Labute approximate surface area is 123 Å². The van der Waals surface area contributed by atoms with Gasteiger partial charge in [0.25, 0.3) is 11.6 Å². The van der Waals surface area contributed by atoms with E-state index < -0.39 is 10.8 Å². The van der Waals surface area contributed by atoms with Gasteiger partial charge >= 0.3 is 0 Å². The largest absolute Gasteiger partial charge is 0.307 e. The summed E-state index contributed by atoms with van der Waals surface area (Å²) in [7, 11) is 0. The number of nitro groups is 1. The molecule has 0 aliphatic carbocycles. The summed E-state index contributed by atoms with van der Waals surface area (Å²) in [5.41, 5.74) is 0.257. The van der Waals surface area contributed by atoms with Crippen molar-refractivity contribution in [3.63, 3.8) is 0 Å². The third-order valence-corrected chi connectivity index (χ3v) is 2.84. The van der Waals surface area contributed by atoms with Crippen molar-refractivity contribution in [2.75, 3.05) is 5.32 Å². The van der Waals surface area contributed by atoms with Gasteiger partial charge in [0.15, 0.2) is 0 Å². The molecular weight excluding hydrogens is 296 g/mol. The first-order chi connectivity index (χ1) is 10.0. The Morgan fingerprint density at radius 3 is 2.67 bits per heavy atom. The van der Waals surface area contributed by atoms with Gasteiger partial charge in [0.05, 0.1) is 10.5 Å². The smallest absolute Gasteiger partial charge is 0.287 e. The maximum absolute atomic E-state index is 12.0. The van der Waals surface area contributed by atoms with Crippen LogP contribution in [0.4, 0.5) is 11.5 Å². The molecule has 0 atom stereocenters. The number of nitrogens with one attached hydrogen (secondary N) is 1. The highest BCUT2D eigenvalue weighted by Crippen LogP contribution is 2.25. The SMILES string of the molecule is N#Cc1ccc(NC(=O)c2ccc([N+](=O)[O-])c(Cl)c2)nc1. The maximum Gasteiger partial charge on any atom is 0.287 e. The lowest BCUT2D eigenvalue weighted by Gasteiger charge is -2.05. The predicted molar refractivity (Wildman–Crippen MR) is 75.0 cm³/mol. The molecule has 21 heavy (non-hydrogen) atoms. The van der Waals surface area contributed by atoms with Crippen LogP contribution in [-0.4, -0.2) is 15.8 Å². The van der Waals surface area contributed by atoms with Gasteiger partial charge in [-0.2, -0.15) is 5.26 Å². The lowest BCUT2D eigenvalue weighted by Crippen LogP contribution is -2.13. The van der Waals surface area contributed by atoms with Crippen LogP contribution in [0.15, 0.2) is 36.5 Å². The second-order valence-corrected chi connectivity index (χ2v) is 4.33. The molecule has 1 aromatic heterocycles. The van der Waals surface area contributed by atoms with E-state index >= 15 is 0 Å². The van der Waals surface area contributed by atoms with Crippen molar-refractivity contribution >= 4 is 29.0 Å². The van der Waals surface area contributed by atoms with Gasteiger partial charge in [-0.05, 0) is 24.3 Å². The minimum Gasteiger partial charge on any atom is -0.307 e. The Morgan fingerprint density at radius 1 is 1.38 bits per heavy atom. The maximum atomic E-state index is 12.0. The Morgan fingerprint density at radius 2 is 2.14 bits per heavy atom. The van der Waals surface area contributed by atoms with Crippen molar-refractivity contribution in [1.29, 1.82) is 5.26 Å². The molecule has 8 heteroatoms. The van der Waals surface area contributed by atoms with Gasteiger partial charge in [0.1, 0.15) is 16.9 Å². The third-order valence-electron chi connectivity index (χ3n) is 2.54. The van der Waals surface area contributed by atoms with Crippen molar-refractivity contribution in [1.82, 2.24) is 4.98 Å². The first kappa shape index (κ1) is 14.4.